The van der Waals surface area contributed by atoms with E-state index in [2.05, 4.69) is 0 Å². The molecule has 130 valence electrons. The molecule has 1 aliphatic heterocycles. The molecular weight excluding hydrogens is 324 g/mol. The maximum absolute atomic E-state index is 12.5. The molecule has 0 unspecified atom stereocenters. The van der Waals surface area contributed by atoms with Gasteiger partial charge in [0.2, 0.25) is 12.5 Å². The van der Waals surface area contributed by atoms with Crippen LogP contribution in [0, 0.1) is 0 Å². The maximum atomic E-state index is 12.5. The third-order valence-electron chi connectivity index (χ3n) is 3.77. The molecule has 0 bridgehead atoms. The van der Waals surface area contributed by atoms with Crippen LogP contribution in [0.2, 0.25) is 0 Å². The third kappa shape index (κ3) is 3.38. The summed E-state index contributed by atoms with van der Waals surface area (Å²) in [6.45, 7) is 0.215. The summed E-state index contributed by atoms with van der Waals surface area (Å²) in [6.07, 6.45) is 3.20. The molecule has 0 saturated carbocycles. The van der Waals surface area contributed by atoms with Crippen LogP contribution in [0.1, 0.15) is 15.9 Å². The fraction of sp³-hybridized carbons (Fsp3) is 0.211. The van der Waals surface area contributed by atoms with E-state index in [4.69, 9.17) is 23.7 Å². The van der Waals surface area contributed by atoms with Crippen molar-refractivity contribution in [3.05, 3.63) is 47.5 Å². The van der Waals surface area contributed by atoms with Gasteiger partial charge in [0, 0.05) is 5.56 Å². The van der Waals surface area contributed by atoms with Gasteiger partial charge in [-0.25, -0.2) is 0 Å². The fourth-order valence-electron chi connectivity index (χ4n) is 2.51. The summed E-state index contributed by atoms with van der Waals surface area (Å²) >= 11 is 0. The van der Waals surface area contributed by atoms with Crippen molar-refractivity contribution < 1.29 is 28.5 Å². The van der Waals surface area contributed by atoms with E-state index >= 15 is 0 Å². The van der Waals surface area contributed by atoms with Crippen molar-refractivity contribution in [2.24, 2.45) is 0 Å². The van der Waals surface area contributed by atoms with E-state index in [1.165, 1.54) is 27.4 Å². The second kappa shape index (κ2) is 7.17. The van der Waals surface area contributed by atoms with Crippen LogP contribution in [0.3, 0.4) is 0 Å². The maximum Gasteiger partial charge on any atom is 0.231 e. The number of rotatable bonds is 6. The topological polar surface area (TPSA) is 63.2 Å². The zero-order valence-corrected chi connectivity index (χ0v) is 14.2. The van der Waals surface area contributed by atoms with Crippen molar-refractivity contribution in [2.75, 3.05) is 28.1 Å². The van der Waals surface area contributed by atoms with Crippen LogP contribution in [0.15, 0.2) is 36.4 Å². The van der Waals surface area contributed by atoms with Gasteiger partial charge in [-0.3, -0.25) is 4.79 Å². The lowest BCUT2D eigenvalue weighted by molar-refractivity contribution is 0.104. The van der Waals surface area contributed by atoms with E-state index in [0.29, 0.717) is 34.3 Å². The van der Waals surface area contributed by atoms with Gasteiger partial charge in [0.1, 0.15) is 0 Å². The Morgan fingerprint density at radius 2 is 1.64 bits per heavy atom. The van der Waals surface area contributed by atoms with Gasteiger partial charge in [-0.15, -0.1) is 0 Å². The predicted molar refractivity (Wildman–Crippen MR) is 92.0 cm³/mol. The molecule has 6 heteroatoms. The smallest absolute Gasteiger partial charge is 0.231 e. The predicted octanol–water partition coefficient (Wildman–Crippen LogP) is 3.34. The number of benzene rings is 2. The van der Waals surface area contributed by atoms with Crippen molar-refractivity contribution in [3.8, 4) is 28.7 Å². The summed E-state index contributed by atoms with van der Waals surface area (Å²) in [5.74, 6) is 2.50. The Hall–Kier alpha value is -3.15. The summed E-state index contributed by atoms with van der Waals surface area (Å²) < 4.78 is 26.4. The minimum atomic E-state index is -0.183. The van der Waals surface area contributed by atoms with Gasteiger partial charge in [0.05, 0.1) is 21.3 Å². The Kier molecular flexibility index (Phi) is 4.79. The lowest BCUT2D eigenvalue weighted by atomic mass is 10.1. The first kappa shape index (κ1) is 16.7. The highest BCUT2D eigenvalue weighted by Crippen LogP contribution is 2.38. The summed E-state index contributed by atoms with van der Waals surface area (Å²) in [4.78, 5) is 12.5. The summed E-state index contributed by atoms with van der Waals surface area (Å²) in [5.41, 5.74) is 1.27. The van der Waals surface area contributed by atoms with Gasteiger partial charge in [-0.05, 0) is 35.9 Å². The lowest BCUT2D eigenvalue weighted by Gasteiger charge is -2.13. The Morgan fingerprint density at radius 1 is 0.960 bits per heavy atom. The van der Waals surface area contributed by atoms with Crippen LogP contribution >= 0.6 is 0 Å². The Morgan fingerprint density at radius 3 is 2.28 bits per heavy atom. The highest BCUT2D eigenvalue weighted by molar-refractivity contribution is 6.07. The molecule has 2 aromatic rings. The molecule has 0 amide bonds. The first-order valence-electron chi connectivity index (χ1n) is 7.58. The van der Waals surface area contributed by atoms with Crippen LogP contribution in [0.25, 0.3) is 6.08 Å². The Labute approximate surface area is 145 Å². The second-order valence-corrected chi connectivity index (χ2v) is 5.22. The molecule has 0 saturated heterocycles. The van der Waals surface area contributed by atoms with E-state index < -0.39 is 0 Å². The Bertz CT molecular complexity index is 800. The van der Waals surface area contributed by atoms with Crippen LogP contribution in [0.4, 0.5) is 0 Å². The summed E-state index contributed by atoms with van der Waals surface area (Å²) in [7, 11) is 4.53. The zero-order chi connectivity index (χ0) is 17.8. The monoisotopic (exact) mass is 342 g/mol. The van der Waals surface area contributed by atoms with Crippen LogP contribution < -0.4 is 23.7 Å². The molecule has 0 aromatic heterocycles. The molecule has 0 aliphatic carbocycles. The van der Waals surface area contributed by atoms with E-state index in [0.717, 1.165) is 5.56 Å². The number of carbonyl (C=O) groups excluding carboxylic acids is 1. The summed E-state index contributed by atoms with van der Waals surface area (Å²) in [5, 5.41) is 0. The van der Waals surface area contributed by atoms with Gasteiger partial charge in [-0.2, -0.15) is 0 Å². The number of ether oxygens (including phenoxy) is 5. The highest BCUT2D eigenvalue weighted by Gasteiger charge is 2.16. The molecule has 1 heterocycles. The number of fused-ring (bicyclic) bond motifs is 1. The van der Waals surface area contributed by atoms with Crippen molar-refractivity contribution >= 4 is 11.9 Å². The lowest BCUT2D eigenvalue weighted by Crippen LogP contribution is -2.00. The van der Waals surface area contributed by atoms with Crippen LogP contribution in [0.5, 0.6) is 28.7 Å². The Balaban J connectivity index is 1.85. The third-order valence-corrected chi connectivity index (χ3v) is 3.77. The molecule has 25 heavy (non-hydrogen) atoms. The summed E-state index contributed by atoms with van der Waals surface area (Å²) in [6, 6.07) is 8.72. The van der Waals surface area contributed by atoms with Crippen molar-refractivity contribution in [2.45, 2.75) is 0 Å². The fourth-order valence-corrected chi connectivity index (χ4v) is 2.51. The first-order chi connectivity index (χ1) is 12.2. The van der Waals surface area contributed by atoms with Gasteiger partial charge in [0.15, 0.2) is 28.8 Å². The molecular formula is C19H18O6. The van der Waals surface area contributed by atoms with E-state index in [9.17, 15) is 4.79 Å². The number of hydrogen-bond donors (Lipinski definition) is 0. The zero-order valence-electron chi connectivity index (χ0n) is 14.2. The molecule has 0 N–H and O–H groups in total. The molecule has 3 rings (SSSR count). The molecule has 0 atom stereocenters. The average molecular weight is 342 g/mol. The molecule has 0 radical (unpaired) electrons. The molecule has 6 nitrogen and oxygen atoms in total. The normalized spacial score (nSPS) is 12.3. The van der Waals surface area contributed by atoms with Crippen molar-refractivity contribution in [1.29, 1.82) is 0 Å². The highest BCUT2D eigenvalue weighted by atomic mass is 16.7. The molecule has 2 aromatic carbocycles. The number of carbonyl (C=O) groups is 1. The largest absolute Gasteiger partial charge is 0.493 e. The average Bonchev–Trinajstić information content (AvgIpc) is 3.12. The minimum absolute atomic E-state index is 0.183. The van der Waals surface area contributed by atoms with Crippen LogP contribution in [-0.2, 0) is 0 Å². The number of hydrogen-bond acceptors (Lipinski definition) is 6. The minimum Gasteiger partial charge on any atom is -0.493 e. The van der Waals surface area contributed by atoms with Crippen molar-refractivity contribution in [3.63, 3.8) is 0 Å². The van der Waals surface area contributed by atoms with Crippen molar-refractivity contribution in [1.82, 2.24) is 0 Å². The van der Waals surface area contributed by atoms with Crippen LogP contribution in [-0.4, -0.2) is 33.9 Å². The quantitative estimate of drug-likeness (QED) is 0.593. The molecule has 0 fully saturated rings. The standard InChI is InChI=1S/C19H18O6/c1-21-17-9-13(10-18(22-2)19(17)23-3)14(20)6-4-12-5-7-15-16(8-12)25-11-24-15/h4-10H,11H2,1-3H3. The number of methoxy groups -OCH3 is 3. The van der Waals surface area contributed by atoms with Gasteiger partial charge in [0.25, 0.3) is 0 Å². The van der Waals surface area contributed by atoms with Gasteiger partial charge < -0.3 is 23.7 Å². The van der Waals surface area contributed by atoms with E-state index in [1.807, 2.05) is 18.2 Å². The number of allylic oxidation sites excluding steroid dienone is 1. The SMILES string of the molecule is COc1cc(C(=O)C=Cc2ccc3c(c2)OCO3)cc(OC)c1OC. The number of ketones is 1. The van der Waals surface area contributed by atoms with Gasteiger partial charge in [-0.1, -0.05) is 12.1 Å². The first-order valence-corrected chi connectivity index (χ1v) is 7.58. The molecule has 1 aliphatic rings. The second-order valence-electron chi connectivity index (χ2n) is 5.22. The van der Waals surface area contributed by atoms with E-state index in [1.54, 1.807) is 18.2 Å². The van der Waals surface area contributed by atoms with Gasteiger partial charge >= 0.3 is 0 Å². The molecule has 0 spiro atoms. The van der Waals surface area contributed by atoms with E-state index in [-0.39, 0.29) is 12.6 Å².